The number of hydrogen-bond acceptors (Lipinski definition) is 5. The molecule has 1 aliphatic heterocycles. The van der Waals surface area contributed by atoms with Crippen LogP contribution in [-0.2, 0) is 9.53 Å². The average Bonchev–Trinajstić information content (AvgIpc) is 2.99. The van der Waals surface area contributed by atoms with Crippen LogP contribution in [0.3, 0.4) is 0 Å². The van der Waals surface area contributed by atoms with Gasteiger partial charge in [-0.15, -0.1) is 11.3 Å². The molecular formula is C17H27N3O3S. The van der Waals surface area contributed by atoms with E-state index in [1.165, 1.54) is 0 Å². The Balaban J connectivity index is 1.77. The summed E-state index contributed by atoms with van der Waals surface area (Å²) in [5.74, 6) is 0.317. The summed E-state index contributed by atoms with van der Waals surface area (Å²) in [7, 11) is 0. The predicted octanol–water partition coefficient (Wildman–Crippen LogP) is 3.13. The molecule has 134 valence electrons. The van der Waals surface area contributed by atoms with Crippen LogP contribution in [0.5, 0.6) is 0 Å². The number of thiazole rings is 1. The SMILES string of the molecule is Cc1nc(C(C)NC(=O)C2CCN(C(=O)OCC(C)C)CC2)cs1. The topological polar surface area (TPSA) is 71.5 Å². The van der Waals surface area contributed by atoms with Crippen LogP contribution in [-0.4, -0.2) is 41.6 Å². The Hall–Kier alpha value is -1.63. The smallest absolute Gasteiger partial charge is 0.409 e. The fraction of sp³-hybridized carbons (Fsp3) is 0.706. The standard InChI is InChI=1S/C17H27N3O3S/c1-11(2)9-23-17(22)20-7-5-14(6-8-20)16(21)18-12(3)15-10-24-13(4)19-15/h10-12,14H,5-9H2,1-4H3,(H,18,21). The molecule has 0 radical (unpaired) electrons. The highest BCUT2D eigenvalue weighted by atomic mass is 32.1. The Kier molecular flexibility index (Phi) is 6.60. The van der Waals surface area contributed by atoms with E-state index in [4.69, 9.17) is 4.74 Å². The highest BCUT2D eigenvalue weighted by molar-refractivity contribution is 7.09. The fourth-order valence-electron chi connectivity index (χ4n) is 2.64. The summed E-state index contributed by atoms with van der Waals surface area (Å²) in [5.41, 5.74) is 0.903. The van der Waals surface area contributed by atoms with Crippen LogP contribution in [0, 0.1) is 18.8 Å². The largest absolute Gasteiger partial charge is 0.449 e. The summed E-state index contributed by atoms with van der Waals surface area (Å²) in [6, 6.07) is -0.0866. The van der Waals surface area contributed by atoms with Crippen LogP contribution in [0.1, 0.15) is 50.4 Å². The number of carbonyl (C=O) groups excluding carboxylic acids is 2. The molecule has 1 atom stereocenters. The Labute approximate surface area is 147 Å². The molecule has 2 heterocycles. The molecular weight excluding hydrogens is 326 g/mol. The van der Waals surface area contributed by atoms with E-state index in [0.717, 1.165) is 10.7 Å². The second kappa shape index (κ2) is 8.46. The van der Waals surface area contributed by atoms with Crippen LogP contribution < -0.4 is 5.32 Å². The van der Waals surface area contributed by atoms with Gasteiger partial charge in [0.05, 0.1) is 23.4 Å². The quantitative estimate of drug-likeness (QED) is 0.883. The first-order chi connectivity index (χ1) is 11.4. The van der Waals surface area contributed by atoms with E-state index in [9.17, 15) is 9.59 Å². The zero-order valence-electron chi connectivity index (χ0n) is 14.9. The number of amides is 2. The van der Waals surface area contributed by atoms with Crippen molar-refractivity contribution in [2.45, 2.75) is 46.6 Å². The number of carbonyl (C=O) groups is 2. The lowest BCUT2D eigenvalue weighted by atomic mass is 9.96. The van der Waals surface area contributed by atoms with E-state index in [-0.39, 0.29) is 24.0 Å². The second-order valence-corrected chi connectivity index (χ2v) is 7.82. The molecule has 0 aliphatic carbocycles. The zero-order chi connectivity index (χ0) is 17.7. The first-order valence-electron chi connectivity index (χ1n) is 8.51. The number of aromatic nitrogens is 1. The van der Waals surface area contributed by atoms with Crippen LogP contribution in [0.25, 0.3) is 0 Å². The molecule has 1 aromatic heterocycles. The van der Waals surface area contributed by atoms with Gasteiger partial charge in [0.25, 0.3) is 0 Å². The molecule has 0 bridgehead atoms. The Bertz CT molecular complexity index is 565. The van der Waals surface area contributed by atoms with Gasteiger partial charge in [-0.2, -0.15) is 0 Å². The number of aryl methyl sites for hydroxylation is 1. The molecule has 0 saturated carbocycles. The van der Waals surface area contributed by atoms with Gasteiger partial charge in [0.1, 0.15) is 0 Å². The van der Waals surface area contributed by atoms with Gasteiger partial charge in [-0.3, -0.25) is 4.79 Å². The molecule has 0 aromatic carbocycles. The second-order valence-electron chi connectivity index (χ2n) is 6.75. The number of piperidine rings is 1. The maximum Gasteiger partial charge on any atom is 0.409 e. The molecule has 2 rings (SSSR count). The Morgan fingerprint density at radius 1 is 1.38 bits per heavy atom. The zero-order valence-corrected chi connectivity index (χ0v) is 15.7. The molecule has 1 unspecified atom stereocenters. The minimum Gasteiger partial charge on any atom is -0.449 e. The third-order valence-corrected chi connectivity index (χ3v) is 4.90. The monoisotopic (exact) mass is 353 g/mol. The van der Waals surface area contributed by atoms with E-state index in [2.05, 4.69) is 10.3 Å². The van der Waals surface area contributed by atoms with Gasteiger partial charge < -0.3 is 15.0 Å². The number of rotatable bonds is 5. The van der Waals surface area contributed by atoms with Crippen LogP contribution in [0.2, 0.25) is 0 Å². The van der Waals surface area contributed by atoms with Crippen molar-refractivity contribution < 1.29 is 14.3 Å². The summed E-state index contributed by atoms with van der Waals surface area (Å²) in [6.45, 7) is 9.49. The van der Waals surface area contributed by atoms with E-state index in [1.54, 1.807) is 16.2 Å². The van der Waals surface area contributed by atoms with E-state index in [1.807, 2.05) is 33.1 Å². The van der Waals surface area contributed by atoms with Crippen molar-refractivity contribution in [2.75, 3.05) is 19.7 Å². The molecule has 0 spiro atoms. The van der Waals surface area contributed by atoms with Crippen molar-refractivity contribution in [1.29, 1.82) is 0 Å². The highest BCUT2D eigenvalue weighted by Gasteiger charge is 2.29. The summed E-state index contributed by atoms with van der Waals surface area (Å²) >= 11 is 1.58. The van der Waals surface area contributed by atoms with Gasteiger partial charge in [0, 0.05) is 24.4 Å². The maximum atomic E-state index is 12.4. The first kappa shape index (κ1) is 18.7. The maximum absolute atomic E-state index is 12.4. The Morgan fingerprint density at radius 2 is 2.04 bits per heavy atom. The lowest BCUT2D eigenvalue weighted by molar-refractivity contribution is -0.127. The third-order valence-electron chi connectivity index (χ3n) is 4.10. The summed E-state index contributed by atoms with van der Waals surface area (Å²) < 4.78 is 5.24. The van der Waals surface area contributed by atoms with Gasteiger partial charge in [-0.25, -0.2) is 9.78 Å². The third kappa shape index (κ3) is 5.19. The molecule has 2 amide bonds. The normalized spacial score (nSPS) is 17.0. The first-order valence-corrected chi connectivity index (χ1v) is 9.39. The van der Waals surface area contributed by atoms with Crippen molar-refractivity contribution >= 4 is 23.3 Å². The van der Waals surface area contributed by atoms with Gasteiger partial charge >= 0.3 is 6.09 Å². The van der Waals surface area contributed by atoms with Gasteiger partial charge in [-0.1, -0.05) is 13.8 Å². The van der Waals surface area contributed by atoms with Crippen molar-refractivity contribution in [2.24, 2.45) is 11.8 Å². The number of hydrogen-bond donors (Lipinski definition) is 1. The number of ether oxygens (including phenoxy) is 1. The van der Waals surface area contributed by atoms with Gasteiger partial charge in [-0.05, 0) is 32.6 Å². The summed E-state index contributed by atoms with van der Waals surface area (Å²) in [5, 5.41) is 6.01. The predicted molar refractivity (Wildman–Crippen MR) is 93.9 cm³/mol. The van der Waals surface area contributed by atoms with Crippen LogP contribution in [0.4, 0.5) is 4.79 Å². The van der Waals surface area contributed by atoms with Crippen molar-refractivity contribution in [3.63, 3.8) is 0 Å². The summed E-state index contributed by atoms with van der Waals surface area (Å²) in [4.78, 5) is 30.5. The minimum absolute atomic E-state index is 0.0448. The van der Waals surface area contributed by atoms with Crippen molar-refractivity contribution in [1.82, 2.24) is 15.2 Å². The Morgan fingerprint density at radius 3 is 2.58 bits per heavy atom. The van der Waals surface area contributed by atoms with Crippen LogP contribution in [0.15, 0.2) is 5.38 Å². The number of nitrogens with one attached hydrogen (secondary N) is 1. The molecule has 1 aromatic rings. The molecule has 1 saturated heterocycles. The van der Waals surface area contributed by atoms with Gasteiger partial charge in [0.15, 0.2) is 0 Å². The molecule has 7 heteroatoms. The average molecular weight is 353 g/mol. The van der Waals surface area contributed by atoms with Crippen LogP contribution >= 0.6 is 11.3 Å². The van der Waals surface area contributed by atoms with E-state index < -0.39 is 0 Å². The lowest BCUT2D eigenvalue weighted by Crippen LogP contribution is -2.43. The molecule has 6 nitrogen and oxygen atoms in total. The van der Waals surface area contributed by atoms with Crippen molar-refractivity contribution in [3.8, 4) is 0 Å². The molecule has 1 fully saturated rings. The minimum atomic E-state index is -0.270. The van der Waals surface area contributed by atoms with Crippen molar-refractivity contribution in [3.05, 3.63) is 16.1 Å². The lowest BCUT2D eigenvalue weighted by Gasteiger charge is -2.31. The van der Waals surface area contributed by atoms with E-state index in [0.29, 0.717) is 38.5 Å². The van der Waals surface area contributed by atoms with E-state index >= 15 is 0 Å². The molecule has 24 heavy (non-hydrogen) atoms. The number of likely N-dealkylation sites (tertiary alicyclic amines) is 1. The molecule has 1 N–H and O–H groups in total. The highest BCUT2D eigenvalue weighted by Crippen LogP contribution is 2.21. The molecule has 1 aliphatic rings. The van der Waals surface area contributed by atoms with Gasteiger partial charge in [0.2, 0.25) is 5.91 Å². The number of nitrogens with zero attached hydrogens (tertiary/aromatic N) is 2. The fourth-order valence-corrected chi connectivity index (χ4v) is 3.34. The summed E-state index contributed by atoms with van der Waals surface area (Å²) in [6.07, 6.45) is 1.07.